The van der Waals surface area contributed by atoms with E-state index in [9.17, 15) is 0 Å². The molecule has 1 fully saturated rings. The van der Waals surface area contributed by atoms with Crippen molar-refractivity contribution in [1.82, 2.24) is 0 Å². The lowest BCUT2D eigenvalue weighted by atomic mass is 9.80. The Morgan fingerprint density at radius 1 is 1.54 bits per heavy atom. The third kappa shape index (κ3) is 2.84. The van der Waals surface area contributed by atoms with E-state index in [-0.39, 0.29) is 6.61 Å². The van der Waals surface area contributed by atoms with E-state index in [0.29, 0.717) is 5.41 Å². The maximum atomic E-state index is 8.87. The number of aliphatic hydroxyl groups is 1. The zero-order valence-corrected chi connectivity index (χ0v) is 9.14. The van der Waals surface area contributed by atoms with Crippen molar-refractivity contribution in [2.45, 2.75) is 46.5 Å². The Kier molecular flexibility index (Phi) is 3.55. The lowest BCUT2D eigenvalue weighted by molar-refractivity contribution is 0.260. The van der Waals surface area contributed by atoms with Gasteiger partial charge in [-0.1, -0.05) is 31.9 Å². The number of aliphatic hydroxyl groups excluding tert-OH is 1. The van der Waals surface area contributed by atoms with Crippen LogP contribution in [0.4, 0.5) is 0 Å². The summed E-state index contributed by atoms with van der Waals surface area (Å²) in [7, 11) is 0. The number of rotatable bonds is 3. The Morgan fingerprint density at radius 2 is 2.23 bits per heavy atom. The Balaban J connectivity index is 2.45. The standard InChI is InChI=1S/C12H22O/c1-10(9-13)6-7-11-5-4-8-12(11,2)3/h6,11,13H,4-5,7-9H2,1-3H3/b10-6+. The lowest BCUT2D eigenvalue weighted by Crippen LogP contribution is -2.16. The smallest absolute Gasteiger partial charge is 0.0639 e. The molecule has 76 valence electrons. The second-order valence-corrected chi connectivity index (χ2v) is 5.02. The average Bonchev–Trinajstić information content (AvgIpc) is 2.41. The van der Waals surface area contributed by atoms with Crippen LogP contribution in [0.15, 0.2) is 11.6 Å². The van der Waals surface area contributed by atoms with Gasteiger partial charge in [-0.05, 0) is 37.5 Å². The Labute approximate surface area is 81.9 Å². The van der Waals surface area contributed by atoms with Crippen LogP contribution >= 0.6 is 0 Å². The molecule has 0 aromatic carbocycles. The molecule has 1 heteroatoms. The van der Waals surface area contributed by atoms with Gasteiger partial charge in [-0.25, -0.2) is 0 Å². The molecule has 0 aliphatic heterocycles. The fourth-order valence-corrected chi connectivity index (χ4v) is 2.24. The van der Waals surface area contributed by atoms with Crippen molar-refractivity contribution in [3.8, 4) is 0 Å². The van der Waals surface area contributed by atoms with E-state index < -0.39 is 0 Å². The van der Waals surface area contributed by atoms with E-state index >= 15 is 0 Å². The number of hydrogen-bond acceptors (Lipinski definition) is 1. The van der Waals surface area contributed by atoms with E-state index in [2.05, 4.69) is 19.9 Å². The van der Waals surface area contributed by atoms with Crippen LogP contribution in [-0.2, 0) is 0 Å². The van der Waals surface area contributed by atoms with E-state index in [0.717, 1.165) is 17.9 Å². The molecule has 0 radical (unpaired) electrons. The molecular weight excluding hydrogens is 160 g/mol. The van der Waals surface area contributed by atoms with Crippen LogP contribution in [-0.4, -0.2) is 11.7 Å². The highest BCUT2D eigenvalue weighted by Crippen LogP contribution is 2.44. The van der Waals surface area contributed by atoms with E-state index in [1.807, 2.05) is 6.92 Å². The van der Waals surface area contributed by atoms with Crippen LogP contribution < -0.4 is 0 Å². The summed E-state index contributed by atoms with van der Waals surface area (Å²) in [5.41, 5.74) is 1.63. The topological polar surface area (TPSA) is 20.2 Å². The predicted octanol–water partition coefficient (Wildman–Crippen LogP) is 3.14. The predicted molar refractivity (Wildman–Crippen MR) is 56.6 cm³/mol. The molecular formula is C12H22O. The largest absolute Gasteiger partial charge is 0.392 e. The van der Waals surface area contributed by atoms with Gasteiger partial charge in [0, 0.05) is 0 Å². The third-order valence-corrected chi connectivity index (χ3v) is 3.48. The summed E-state index contributed by atoms with van der Waals surface area (Å²) in [6, 6.07) is 0. The van der Waals surface area contributed by atoms with E-state index in [4.69, 9.17) is 5.11 Å². The zero-order valence-electron chi connectivity index (χ0n) is 9.14. The molecule has 1 atom stereocenters. The van der Waals surface area contributed by atoms with Gasteiger partial charge in [-0.2, -0.15) is 0 Å². The SMILES string of the molecule is C/C(=C\CC1CCCC1(C)C)CO. The number of allylic oxidation sites excluding steroid dienone is 1. The van der Waals surface area contributed by atoms with Crippen molar-refractivity contribution in [2.75, 3.05) is 6.61 Å². The molecule has 0 aromatic heterocycles. The van der Waals surface area contributed by atoms with E-state index in [1.54, 1.807) is 0 Å². The maximum absolute atomic E-state index is 8.87. The molecule has 1 saturated carbocycles. The summed E-state index contributed by atoms with van der Waals surface area (Å²) in [5, 5.41) is 8.87. The van der Waals surface area contributed by atoms with Crippen molar-refractivity contribution in [3.63, 3.8) is 0 Å². The normalized spacial score (nSPS) is 28.0. The van der Waals surface area contributed by atoms with Gasteiger partial charge >= 0.3 is 0 Å². The van der Waals surface area contributed by atoms with Crippen LogP contribution in [0.3, 0.4) is 0 Å². The first-order chi connectivity index (χ1) is 6.06. The van der Waals surface area contributed by atoms with Crippen molar-refractivity contribution in [1.29, 1.82) is 0 Å². The van der Waals surface area contributed by atoms with Crippen LogP contribution in [0.25, 0.3) is 0 Å². The molecule has 1 unspecified atom stereocenters. The summed E-state index contributed by atoms with van der Waals surface area (Å²) >= 11 is 0. The Hall–Kier alpha value is -0.300. The molecule has 1 nitrogen and oxygen atoms in total. The molecule has 0 bridgehead atoms. The van der Waals surface area contributed by atoms with Crippen LogP contribution in [0, 0.1) is 11.3 Å². The highest BCUT2D eigenvalue weighted by Gasteiger charge is 2.33. The van der Waals surface area contributed by atoms with Crippen molar-refractivity contribution in [2.24, 2.45) is 11.3 Å². The summed E-state index contributed by atoms with van der Waals surface area (Å²) in [4.78, 5) is 0. The molecule has 0 heterocycles. The minimum absolute atomic E-state index is 0.215. The third-order valence-electron chi connectivity index (χ3n) is 3.48. The summed E-state index contributed by atoms with van der Waals surface area (Å²) < 4.78 is 0. The molecule has 1 N–H and O–H groups in total. The first-order valence-corrected chi connectivity index (χ1v) is 5.33. The van der Waals surface area contributed by atoms with Gasteiger partial charge in [0.2, 0.25) is 0 Å². The fraction of sp³-hybridized carbons (Fsp3) is 0.833. The van der Waals surface area contributed by atoms with Gasteiger partial charge in [0.05, 0.1) is 6.61 Å². The van der Waals surface area contributed by atoms with Crippen molar-refractivity contribution < 1.29 is 5.11 Å². The highest BCUT2D eigenvalue weighted by atomic mass is 16.3. The summed E-state index contributed by atoms with van der Waals surface area (Å²) in [6.45, 7) is 6.95. The van der Waals surface area contributed by atoms with Crippen molar-refractivity contribution >= 4 is 0 Å². The van der Waals surface area contributed by atoms with Gasteiger partial charge in [-0.3, -0.25) is 0 Å². The first kappa shape index (κ1) is 10.8. The van der Waals surface area contributed by atoms with Crippen LogP contribution in [0.5, 0.6) is 0 Å². The fourth-order valence-electron chi connectivity index (χ4n) is 2.24. The van der Waals surface area contributed by atoms with Gasteiger partial charge in [-0.15, -0.1) is 0 Å². The van der Waals surface area contributed by atoms with Crippen LogP contribution in [0.1, 0.15) is 46.5 Å². The van der Waals surface area contributed by atoms with Crippen LogP contribution in [0.2, 0.25) is 0 Å². The number of hydrogen-bond donors (Lipinski definition) is 1. The monoisotopic (exact) mass is 182 g/mol. The molecule has 1 aliphatic rings. The molecule has 0 spiro atoms. The first-order valence-electron chi connectivity index (χ1n) is 5.33. The van der Waals surface area contributed by atoms with E-state index in [1.165, 1.54) is 19.3 Å². The molecule has 0 aromatic rings. The summed E-state index contributed by atoms with van der Waals surface area (Å²) in [6.07, 6.45) is 7.46. The van der Waals surface area contributed by atoms with Gasteiger partial charge in [0.1, 0.15) is 0 Å². The Bertz CT molecular complexity index is 191. The minimum atomic E-state index is 0.215. The molecule has 0 saturated heterocycles. The molecule has 1 aliphatic carbocycles. The minimum Gasteiger partial charge on any atom is -0.392 e. The Morgan fingerprint density at radius 3 is 2.69 bits per heavy atom. The van der Waals surface area contributed by atoms with Crippen molar-refractivity contribution in [3.05, 3.63) is 11.6 Å². The van der Waals surface area contributed by atoms with Gasteiger partial charge in [0.25, 0.3) is 0 Å². The summed E-state index contributed by atoms with van der Waals surface area (Å²) in [5.74, 6) is 0.828. The average molecular weight is 182 g/mol. The second-order valence-electron chi connectivity index (χ2n) is 5.02. The second kappa shape index (κ2) is 4.28. The quantitative estimate of drug-likeness (QED) is 0.665. The maximum Gasteiger partial charge on any atom is 0.0639 e. The lowest BCUT2D eigenvalue weighted by Gasteiger charge is -2.26. The van der Waals surface area contributed by atoms with Gasteiger partial charge < -0.3 is 5.11 Å². The molecule has 0 amide bonds. The molecule has 13 heavy (non-hydrogen) atoms. The zero-order chi connectivity index (χ0) is 9.90. The van der Waals surface area contributed by atoms with Gasteiger partial charge in [0.15, 0.2) is 0 Å². The highest BCUT2D eigenvalue weighted by molar-refractivity contribution is 5.00. The molecule has 1 rings (SSSR count).